The van der Waals surface area contributed by atoms with Crippen LogP contribution >= 0.6 is 11.8 Å². The Bertz CT molecular complexity index is 305. The van der Waals surface area contributed by atoms with Gasteiger partial charge < -0.3 is 11.1 Å². The van der Waals surface area contributed by atoms with Crippen molar-refractivity contribution in [3.63, 3.8) is 0 Å². The van der Waals surface area contributed by atoms with E-state index in [1.807, 2.05) is 11.8 Å². The predicted molar refractivity (Wildman–Crippen MR) is 78.8 cm³/mol. The fourth-order valence-electron chi connectivity index (χ4n) is 1.58. The van der Waals surface area contributed by atoms with Crippen LogP contribution in [-0.4, -0.2) is 18.3 Å². The van der Waals surface area contributed by atoms with E-state index in [1.54, 1.807) is 0 Å². The van der Waals surface area contributed by atoms with Crippen LogP contribution in [0.2, 0.25) is 0 Å². The summed E-state index contributed by atoms with van der Waals surface area (Å²) in [4.78, 5) is 1.33. The highest BCUT2D eigenvalue weighted by Gasteiger charge is 2.03. The van der Waals surface area contributed by atoms with Gasteiger partial charge in [0.25, 0.3) is 0 Å². The van der Waals surface area contributed by atoms with Gasteiger partial charge in [-0.05, 0) is 36.7 Å². The zero-order valence-electron chi connectivity index (χ0n) is 11.1. The van der Waals surface area contributed by atoms with E-state index in [9.17, 15) is 0 Å². The monoisotopic (exact) mass is 252 g/mol. The minimum atomic E-state index is 0.569. The zero-order valence-corrected chi connectivity index (χ0v) is 11.9. The van der Waals surface area contributed by atoms with Crippen LogP contribution in [0.4, 0.5) is 5.69 Å². The highest BCUT2D eigenvalue weighted by Crippen LogP contribution is 2.24. The molecule has 0 aliphatic rings. The summed E-state index contributed by atoms with van der Waals surface area (Å²) in [6.45, 7) is 8.32. The van der Waals surface area contributed by atoms with Crippen molar-refractivity contribution in [3.8, 4) is 0 Å². The minimum Gasteiger partial charge on any atom is -0.385 e. The van der Waals surface area contributed by atoms with Crippen LogP contribution in [0.3, 0.4) is 0 Å². The summed E-state index contributed by atoms with van der Waals surface area (Å²) in [5.74, 6) is 0.569. The van der Waals surface area contributed by atoms with E-state index in [-0.39, 0.29) is 0 Å². The molecule has 0 amide bonds. The van der Waals surface area contributed by atoms with E-state index in [0.29, 0.717) is 11.2 Å². The van der Waals surface area contributed by atoms with Gasteiger partial charge in [0.1, 0.15) is 0 Å². The molecule has 1 atom stereocenters. The van der Waals surface area contributed by atoms with Crippen LogP contribution in [0.25, 0.3) is 0 Å². The number of hydrogen-bond acceptors (Lipinski definition) is 3. The molecular formula is C14H24N2S. The van der Waals surface area contributed by atoms with E-state index < -0.39 is 0 Å². The van der Waals surface area contributed by atoms with Gasteiger partial charge in [-0.3, -0.25) is 0 Å². The molecule has 0 heterocycles. The third-order valence-corrected chi connectivity index (χ3v) is 3.75. The van der Waals surface area contributed by atoms with Gasteiger partial charge in [0.05, 0.1) is 0 Å². The maximum absolute atomic E-state index is 5.68. The molecule has 0 aliphatic carbocycles. The molecule has 0 saturated heterocycles. The molecule has 3 heteroatoms. The first-order chi connectivity index (χ1) is 8.15. The second-order valence-electron chi connectivity index (χ2n) is 4.58. The molecule has 0 bridgehead atoms. The van der Waals surface area contributed by atoms with Crippen LogP contribution in [0, 0.1) is 5.92 Å². The highest BCUT2D eigenvalue weighted by molar-refractivity contribution is 7.99. The van der Waals surface area contributed by atoms with Crippen LogP contribution in [-0.2, 0) is 0 Å². The Hall–Kier alpha value is -0.670. The first-order valence-corrected chi connectivity index (χ1v) is 7.24. The molecule has 1 aromatic rings. The second-order valence-corrected chi connectivity index (χ2v) is 6.23. The van der Waals surface area contributed by atoms with Crippen molar-refractivity contribution in [2.45, 2.75) is 37.3 Å². The third-order valence-electron chi connectivity index (χ3n) is 2.73. The number of hydrogen-bond donors (Lipinski definition) is 2. The molecule has 0 fully saturated rings. The van der Waals surface area contributed by atoms with Crippen molar-refractivity contribution in [1.82, 2.24) is 0 Å². The summed E-state index contributed by atoms with van der Waals surface area (Å²) < 4.78 is 0. The van der Waals surface area contributed by atoms with Gasteiger partial charge in [0.2, 0.25) is 0 Å². The van der Waals surface area contributed by atoms with Gasteiger partial charge in [0.15, 0.2) is 0 Å². The maximum Gasteiger partial charge on any atom is 0.0341 e. The largest absolute Gasteiger partial charge is 0.385 e. The normalized spacial score (nSPS) is 12.8. The van der Waals surface area contributed by atoms with Gasteiger partial charge in [-0.15, -0.1) is 11.8 Å². The number of anilines is 1. The number of thioether (sulfide) groups is 1. The molecule has 3 N–H and O–H groups in total. The average molecular weight is 252 g/mol. The van der Waals surface area contributed by atoms with Crippen molar-refractivity contribution in [1.29, 1.82) is 0 Å². The molecule has 1 aromatic carbocycles. The fraction of sp³-hybridized carbons (Fsp3) is 0.571. The molecule has 0 radical (unpaired) electrons. The summed E-state index contributed by atoms with van der Waals surface area (Å²) in [6.07, 6.45) is 1.13. The number of benzene rings is 1. The molecule has 0 aliphatic heterocycles. The first kappa shape index (κ1) is 14.4. The Morgan fingerprint density at radius 3 is 2.35 bits per heavy atom. The molecular weight excluding hydrogens is 228 g/mol. The van der Waals surface area contributed by atoms with Gasteiger partial charge >= 0.3 is 0 Å². The highest BCUT2D eigenvalue weighted by atomic mass is 32.2. The molecule has 17 heavy (non-hydrogen) atoms. The summed E-state index contributed by atoms with van der Waals surface area (Å²) in [7, 11) is 0. The average Bonchev–Trinajstić information content (AvgIpc) is 2.32. The summed E-state index contributed by atoms with van der Waals surface area (Å²) >= 11 is 1.89. The summed E-state index contributed by atoms with van der Waals surface area (Å²) in [5, 5.41) is 4.07. The Kier molecular flexibility index (Phi) is 6.45. The lowest BCUT2D eigenvalue weighted by Gasteiger charge is -2.14. The van der Waals surface area contributed by atoms with E-state index in [1.165, 1.54) is 10.6 Å². The van der Waals surface area contributed by atoms with Gasteiger partial charge in [-0.2, -0.15) is 0 Å². The van der Waals surface area contributed by atoms with E-state index in [0.717, 1.165) is 19.5 Å². The second kappa shape index (κ2) is 7.62. The number of rotatable bonds is 7. The van der Waals surface area contributed by atoms with Crippen molar-refractivity contribution in [2.24, 2.45) is 11.7 Å². The van der Waals surface area contributed by atoms with E-state index >= 15 is 0 Å². The predicted octanol–water partition coefficient (Wildman–Crippen LogP) is 3.58. The van der Waals surface area contributed by atoms with Gasteiger partial charge in [0, 0.05) is 22.4 Å². The standard InChI is InChI=1S/C14H24N2S/c1-4-12(9-15)10-16-13-5-7-14(8-6-13)17-11(2)3/h5-8,11-12,16H,4,9-10,15H2,1-3H3. The summed E-state index contributed by atoms with van der Waals surface area (Å²) in [6, 6.07) is 8.65. The molecule has 2 nitrogen and oxygen atoms in total. The zero-order chi connectivity index (χ0) is 12.7. The van der Waals surface area contributed by atoms with Crippen LogP contribution < -0.4 is 11.1 Å². The van der Waals surface area contributed by atoms with Crippen molar-refractivity contribution < 1.29 is 0 Å². The quantitative estimate of drug-likeness (QED) is 0.728. The maximum atomic E-state index is 5.68. The number of nitrogens with one attached hydrogen (secondary N) is 1. The fourth-order valence-corrected chi connectivity index (χ4v) is 2.42. The Morgan fingerprint density at radius 1 is 1.24 bits per heavy atom. The van der Waals surface area contributed by atoms with Crippen LogP contribution in [0.5, 0.6) is 0 Å². The SMILES string of the molecule is CCC(CN)CNc1ccc(SC(C)C)cc1. The number of nitrogens with two attached hydrogens (primary N) is 1. The molecule has 1 rings (SSSR count). The van der Waals surface area contributed by atoms with Gasteiger partial charge in [-0.1, -0.05) is 27.2 Å². The van der Waals surface area contributed by atoms with Crippen LogP contribution in [0.15, 0.2) is 29.2 Å². The summed E-state index contributed by atoms with van der Waals surface area (Å²) in [5.41, 5.74) is 6.87. The molecule has 0 spiro atoms. The molecule has 0 aromatic heterocycles. The smallest absolute Gasteiger partial charge is 0.0341 e. The van der Waals surface area contributed by atoms with Crippen molar-refractivity contribution in [3.05, 3.63) is 24.3 Å². The third kappa shape index (κ3) is 5.46. The topological polar surface area (TPSA) is 38.0 Å². The Labute approximate surface area is 109 Å². The molecule has 96 valence electrons. The van der Waals surface area contributed by atoms with E-state index in [4.69, 9.17) is 5.73 Å². The van der Waals surface area contributed by atoms with Crippen molar-refractivity contribution in [2.75, 3.05) is 18.4 Å². The minimum absolute atomic E-state index is 0.569. The Balaban J connectivity index is 2.45. The Morgan fingerprint density at radius 2 is 1.88 bits per heavy atom. The molecule has 1 unspecified atom stereocenters. The lowest BCUT2D eigenvalue weighted by atomic mass is 10.1. The van der Waals surface area contributed by atoms with Crippen LogP contribution in [0.1, 0.15) is 27.2 Å². The van der Waals surface area contributed by atoms with Gasteiger partial charge in [-0.25, -0.2) is 0 Å². The first-order valence-electron chi connectivity index (χ1n) is 6.36. The molecule has 0 saturated carbocycles. The lowest BCUT2D eigenvalue weighted by Crippen LogP contribution is -2.21. The van der Waals surface area contributed by atoms with E-state index in [2.05, 4.69) is 50.4 Å². The lowest BCUT2D eigenvalue weighted by molar-refractivity contribution is 0.548. The van der Waals surface area contributed by atoms with Crippen molar-refractivity contribution >= 4 is 17.4 Å².